The van der Waals surface area contributed by atoms with Gasteiger partial charge in [0.2, 0.25) is 0 Å². The van der Waals surface area contributed by atoms with Gasteiger partial charge in [0.05, 0.1) is 0 Å². The Morgan fingerprint density at radius 1 is 1.24 bits per heavy atom. The zero-order valence-corrected chi connectivity index (χ0v) is 11.9. The van der Waals surface area contributed by atoms with E-state index in [1.165, 1.54) is 51.4 Å². The first kappa shape index (κ1) is 14.8. The van der Waals surface area contributed by atoms with Crippen molar-refractivity contribution >= 4 is 0 Å². The Hall–Kier alpha value is -0.300. The number of nitrogens with one attached hydrogen (secondary N) is 1. The van der Waals surface area contributed by atoms with E-state index in [0.29, 0.717) is 0 Å². The molecule has 0 aromatic carbocycles. The van der Waals surface area contributed by atoms with Gasteiger partial charge < -0.3 is 5.32 Å². The molecule has 0 radical (unpaired) electrons. The molecular weight excluding hydrogens is 206 g/mol. The molecule has 0 aromatic heterocycles. The molecule has 17 heavy (non-hydrogen) atoms. The summed E-state index contributed by atoms with van der Waals surface area (Å²) in [6, 6.07) is 0.762. The lowest BCUT2D eigenvalue weighted by molar-refractivity contribution is 0.211. The van der Waals surface area contributed by atoms with Crippen LogP contribution < -0.4 is 5.32 Å². The maximum absolute atomic E-state index is 3.82. The Kier molecular flexibility index (Phi) is 7.59. The molecule has 1 N–H and O–H groups in total. The average Bonchev–Trinajstić information content (AvgIpc) is 2.38. The summed E-state index contributed by atoms with van der Waals surface area (Å²) in [5.41, 5.74) is 0. The molecule has 0 amide bonds. The minimum absolute atomic E-state index is 0.762. The largest absolute Gasteiger partial charge is 0.314 e. The van der Waals surface area contributed by atoms with Gasteiger partial charge >= 0.3 is 0 Å². The van der Waals surface area contributed by atoms with Crippen LogP contribution in [-0.4, -0.2) is 12.6 Å². The Balaban J connectivity index is 2.33. The van der Waals surface area contributed by atoms with E-state index in [2.05, 4.69) is 31.8 Å². The summed E-state index contributed by atoms with van der Waals surface area (Å²) in [6.07, 6.45) is 13.1. The van der Waals surface area contributed by atoms with Crippen LogP contribution in [0.5, 0.6) is 0 Å². The number of unbranched alkanes of at least 4 members (excludes halogenated alkanes) is 1. The van der Waals surface area contributed by atoms with E-state index in [1.54, 1.807) is 0 Å². The van der Waals surface area contributed by atoms with Gasteiger partial charge in [-0.1, -0.05) is 39.2 Å². The Bertz CT molecular complexity index is 192. The normalized spacial score (nSPS) is 26.7. The number of allylic oxidation sites excluding steroid dienone is 1. The molecule has 0 saturated heterocycles. The second-order valence-corrected chi connectivity index (χ2v) is 5.57. The maximum Gasteiger partial charge on any atom is 0.00953 e. The Morgan fingerprint density at radius 3 is 2.47 bits per heavy atom. The zero-order chi connectivity index (χ0) is 12.5. The predicted molar refractivity (Wildman–Crippen MR) is 77.3 cm³/mol. The summed E-state index contributed by atoms with van der Waals surface area (Å²) in [4.78, 5) is 0. The molecule has 0 aromatic rings. The highest BCUT2D eigenvalue weighted by Crippen LogP contribution is 2.33. The average molecular weight is 237 g/mol. The van der Waals surface area contributed by atoms with Crippen LogP contribution in [0.15, 0.2) is 12.7 Å². The van der Waals surface area contributed by atoms with E-state index < -0.39 is 0 Å². The van der Waals surface area contributed by atoms with Gasteiger partial charge in [-0.15, -0.1) is 6.58 Å². The third kappa shape index (κ3) is 5.25. The maximum atomic E-state index is 3.82. The van der Waals surface area contributed by atoms with Crippen molar-refractivity contribution in [1.82, 2.24) is 5.32 Å². The molecule has 0 spiro atoms. The van der Waals surface area contributed by atoms with Crippen molar-refractivity contribution in [3.8, 4) is 0 Å². The van der Waals surface area contributed by atoms with Crippen LogP contribution in [0.1, 0.15) is 65.2 Å². The molecule has 100 valence electrons. The predicted octanol–water partition coefficient (Wildman–Crippen LogP) is 4.54. The Labute approximate surface area is 108 Å². The number of hydrogen-bond donors (Lipinski definition) is 1. The van der Waals surface area contributed by atoms with Crippen molar-refractivity contribution < 1.29 is 0 Å². The standard InChI is InChI=1S/C16H31N/c1-4-7-8-9-16(17-6-3)15-12-10-14(5-2)11-13-15/h4,14-17H,1,5-13H2,2-3H3. The molecule has 1 aliphatic carbocycles. The molecule has 1 fully saturated rings. The molecule has 1 nitrogen and oxygen atoms in total. The molecule has 0 bridgehead atoms. The quantitative estimate of drug-likeness (QED) is 0.483. The fourth-order valence-corrected chi connectivity index (χ4v) is 3.25. The van der Waals surface area contributed by atoms with Gasteiger partial charge in [-0.2, -0.15) is 0 Å². The molecule has 0 heterocycles. The molecule has 1 aliphatic rings. The lowest BCUT2D eigenvalue weighted by Gasteiger charge is -2.34. The van der Waals surface area contributed by atoms with Crippen LogP contribution in [0.25, 0.3) is 0 Å². The van der Waals surface area contributed by atoms with E-state index in [-0.39, 0.29) is 0 Å². The molecule has 0 aliphatic heterocycles. The first-order valence-corrected chi connectivity index (χ1v) is 7.66. The van der Waals surface area contributed by atoms with Crippen LogP contribution in [0.2, 0.25) is 0 Å². The summed E-state index contributed by atoms with van der Waals surface area (Å²) < 4.78 is 0. The summed E-state index contributed by atoms with van der Waals surface area (Å²) in [7, 11) is 0. The lowest BCUT2D eigenvalue weighted by atomic mass is 9.76. The van der Waals surface area contributed by atoms with Crippen LogP contribution >= 0.6 is 0 Å². The number of hydrogen-bond acceptors (Lipinski definition) is 1. The van der Waals surface area contributed by atoms with Crippen molar-refractivity contribution in [2.45, 2.75) is 71.3 Å². The van der Waals surface area contributed by atoms with Crippen LogP contribution in [0.3, 0.4) is 0 Å². The van der Waals surface area contributed by atoms with Gasteiger partial charge in [0.15, 0.2) is 0 Å². The second-order valence-electron chi connectivity index (χ2n) is 5.57. The highest BCUT2D eigenvalue weighted by molar-refractivity contribution is 4.82. The van der Waals surface area contributed by atoms with Gasteiger partial charge in [0.25, 0.3) is 0 Å². The Morgan fingerprint density at radius 2 is 1.94 bits per heavy atom. The molecule has 1 atom stereocenters. The van der Waals surface area contributed by atoms with Crippen LogP contribution in [-0.2, 0) is 0 Å². The molecule has 1 rings (SSSR count). The molecule has 1 saturated carbocycles. The lowest BCUT2D eigenvalue weighted by Crippen LogP contribution is -2.38. The monoisotopic (exact) mass is 237 g/mol. The van der Waals surface area contributed by atoms with Crippen molar-refractivity contribution in [1.29, 1.82) is 0 Å². The second kappa shape index (κ2) is 8.74. The van der Waals surface area contributed by atoms with E-state index in [0.717, 1.165) is 24.4 Å². The van der Waals surface area contributed by atoms with Crippen LogP contribution in [0, 0.1) is 11.8 Å². The zero-order valence-electron chi connectivity index (χ0n) is 11.9. The van der Waals surface area contributed by atoms with Crippen LogP contribution in [0.4, 0.5) is 0 Å². The summed E-state index contributed by atoms with van der Waals surface area (Å²) in [5.74, 6) is 1.95. The minimum Gasteiger partial charge on any atom is -0.314 e. The first-order valence-electron chi connectivity index (χ1n) is 7.66. The number of rotatable bonds is 8. The fraction of sp³-hybridized carbons (Fsp3) is 0.875. The molecular formula is C16H31N. The highest BCUT2D eigenvalue weighted by atomic mass is 14.9. The summed E-state index contributed by atoms with van der Waals surface area (Å²) in [6.45, 7) is 9.51. The summed E-state index contributed by atoms with van der Waals surface area (Å²) in [5, 5.41) is 3.71. The third-order valence-corrected chi connectivity index (χ3v) is 4.43. The minimum atomic E-state index is 0.762. The van der Waals surface area contributed by atoms with Crippen molar-refractivity contribution in [2.75, 3.05) is 6.54 Å². The highest BCUT2D eigenvalue weighted by Gasteiger charge is 2.25. The molecule has 1 unspecified atom stereocenters. The van der Waals surface area contributed by atoms with E-state index >= 15 is 0 Å². The topological polar surface area (TPSA) is 12.0 Å². The first-order chi connectivity index (χ1) is 8.31. The fourth-order valence-electron chi connectivity index (χ4n) is 3.25. The van der Waals surface area contributed by atoms with Gasteiger partial charge in [0.1, 0.15) is 0 Å². The van der Waals surface area contributed by atoms with Gasteiger partial charge in [-0.25, -0.2) is 0 Å². The van der Waals surface area contributed by atoms with Gasteiger partial charge in [0, 0.05) is 6.04 Å². The molecule has 1 heteroatoms. The van der Waals surface area contributed by atoms with E-state index in [9.17, 15) is 0 Å². The smallest absolute Gasteiger partial charge is 0.00953 e. The summed E-state index contributed by atoms with van der Waals surface area (Å²) >= 11 is 0. The van der Waals surface area contributed by atoms with E-state index in [1.807, 2.05) is 0 Å². The van der Waals surface area contributed by atoms with Crippen molar-refractivity contribution in [3.63, 3.8) is 0 Å². The van der Waals surface area contributed by atoms with Gasteiger partial charge in [-0.3, -0.25) is 0 Å². The van der Waals surface area contributed by atoms with Crippen molar-refractivity contribution in [2.24, 2.45) is 11.8 Å². The van der Waals surface area contributed by atoms with Crippen molar-refractivity contribution in [3.05, 3.63) is 12.7 Å². The third-order valence-electron chi connectivity index (χ3n) is 4.43. The van der Waals surface area contributed by atoms with Gasteiger partial charge in [-0.05, 0) is 50.5 Å². The van der Waals surface area contributed by atoms with E-state index in [4.69, 9.17) is 0 Å². The SMILES string of the molecule is C=CCCCC(NCC)C1CCC(CC)CC1.